The number of allylic oxidation sites excluding steroid dienone is 4. The summed E-state index contributed by atoms with van der Waals surface area (Å²) in [6.45, 7) is 18.2. The normalized spacial score (nSPS) is 18.2. The molecule has 0 amide bonds. The van der Waals surface area contributed by atoms with Gasteiger partial charge in [-0.25, -0.2) is 0 Å². The van der Waals surface area contributed by atoms with Crippen molar-refractivity contribution < 1.29 is 28.0 Å². The summed E-state index contributed by atoms with van der Waals surface area (Å²) in [5.74, 6) is 0. The highest BCUT2D eigenvalue weighted by atomic mass is 35.7. The molecule has 1 aliphatic rings. The minimum absolute atomic E-state index is 0.375. The van der Waals surface area contributed by atoms with Gasteiger partial charge in [0.05, 0.1) is 10.2 Å². The quantitative estimate of drug-likeness (QED) is 0.615. The second kappa shape index (κ2) is 9.15. The fourth-order valence-electron chi connectivity index (χ4n) is 3.30. The fourth-order valence-corrected chi connectivity index (χ4v) is 6.28. The van der Waals surface area contributed by atoms with E-state index in [1.165, 1.54) is 5.69 Å². The molecule has 1 aromatic rings. The highest BCUT2D eigenvalue weighted by Crippen LogP contribution is 2.49. The zero-order valence-electron chi connectivity index (χ0n) is 19.2. The lowest BCUT2D eigenvalue weighted by atomic mass is 9.88. The van der Waals surface area contributed by atoms with E-state index in [1.54, 1.807) is 0 Å². The summed E-state index contributed by atoms with van der Waals surface area (Å²) >= 11 is 0. The van der Waals surface area contributed by atoms with Crippen LogP contribution in [-0.4, -0.2) is 18.0 Å². The van der Waals surface area contributed by atoms with Gasteiger partial charge in [0.1, 0.15) is 14.5 Å². The van der Waals surface area contributed by atoms with Crippen molar-refractivity contribution in [3.63, 3.8) is 0 Å². The first-order valence-corrected chi connectivity index (χ1v) is 12.6. The minimum Gasteiger partial charge on any atom is -0.372 e. The van der Waals surface area contributed by atoms with Crippen LogP contribution in [-0.2, 0) is 3.74 Å². The minimum atomic E-state index is -4.55. The zero-order valence-corrected chi connectivity index (χ0v) is 20.8. The molecule has 1 heterocycles. The molecular weight excluding hydrogens is 422 g/mol. The van der Waals surface area contributed by atoms with Crippen molar-refractivity contribution in [3.8, 4) is 0 Å². The van der Waals surface area contributed by atoms with Gasteiger partial charge in [0.2, 0.25) is 0 Å². The fraction of sp³-hybridized carbons (Fsp3) is 0.522. The molecule has 5 nitrogen and oxygen atoms in total. The van der Waals surface area contributed by atoms with Gasteiger partial charge in [-0.2, -0.15) is 14.0 Å². The monoisotopic (exact) mass is 455 g/mol. The molecule has 0 saturated heterocycles. The molecule has 0 fully saturated rings. The predicted molar refractivity (Wildman–Crippen MR) is 119 cm³/mol. The predicted octanol–water partition coefficient (Wildman–Crippen LogP) is 3.18. The van der Waals surface area contributed by atoms with E-state index in [0.29, 0.717) is 0 Å². The molecule has 0 N–H and O–H groups in total. The number of halogens is 1. The van der Waals surface area contributed by atoms with Gasteiger partial charge in [-0.1, -0.05) is 53.7 Å². The Labute approximate surface area is 185 Å². The highest BCUT2D eigenvalue weighted by molar-refractivity contribution is 8.15. The van der Waals surface area contributed by atoms with E-state index in [1.807, 2.05) is 53.7 Å². The van der Waals surface area contributed by atoms with Crippen LogP contribution in [0.5, 0.6) is 0 Å². The van der Waals surface area contributed by atoms with Crippen LogP contribution in [0.15, 0.2) is 41.3 Å². The zero-order chi connectivity index (χ0) is 22.9. The largest absolute Gasteiger partial charge is 0.372 e. The SMILES string of the molecule is CCN(CC)c1ccc(C2=CC(C(C)(C)C)=S(O[Cl+3]([O-])([O-])[O-])C(C(C)(C)C)=C2)cc1. The molecule has 30 heavy (non-hydrogen) atoms. The molecule has 7 heteroatoms. The van der Waals surface area contributed by atoms with Crippen LogP contribution in [0, 0.1) is 21.1 Å². The van der Waals surface area contributed by atoms with Crippen LogP contribution in [0.4, 0.5) is 5.69 Å². The summed E-state index contributed by atoms with van der Waals surface area (Å²) in [5.41, 5.74) is 2.45. The Bertz CT molecular complexity index is 849. The van der Waals surface area contributed by atoms with E-state index in [0.717, 1.165) is 34.0 Å². The number of hydrogen-bond acceptors (Lipinski definition) is 5. The molecule has 1 aromatic carbocycles. The number of hydrogen-bond donors (Lipinski definition) is 0. The van der Waals surface area contributed by atoms with E-state index < -0.39 is 21.0 Å². The van der Waals surface area contributed by atoms with Crippen molar-refractivity contribution in [1.29, 1.82) is 0 Å². The summed E-state index contributed by atoms with van der Waals surface area (Å²) in [6.07, 6.45) is 3.96. The van der Waals surface area contributed by atoms with E-state index in [9.17, 15) is 14.0 Å². The second-order valence-corrected chi connectivity index (χ2v) is 12.1. The van der Waals surface area contributed by atoms with Gasteiger partial charge in [0.15, 0.2) is 0 Å². The number of rotatable bonds is 6. The third kappa shape index (κ3) is 6.19. The van der Waals surface area contributed by atoms with Crippen LogP contribution in [0.25, 0.3) is 5.57 Å². The number of nitrogens with zero attached hydrogens (tertiary/aromatic N) is 1. The van der Waals surface area contributed by atoms with Gasteiger partial charge in [-0.15, -0.1) is 0 Å². The summed E-state index contributed by atoms with van der Waals surface area (Å²) in [7, 11) is -5.80. The molecule has 0 aliphatic carbocycles. The smallest absolute Gasteiger partial charge is 0.141 e. The Morgan fingerprint density at radius 2 is 1.40 bits per heavy atom. The number of benzene rings is 1. The summed E-state index contributed by atoms with van der Waals surface area (Å²) in [5, 5.41) is 0. The highest BCUT2D eigenvalue weighted by Gasteiger charge is 2.38. The lowest BCUT2D eigenvalue weighted by Crippen LogP contribution is -2.60. The van der Waals surface area contributed by atoms with Gasteiger partial charge in [-0.3, -0.25) is 0 Å². The average Bonchev–Trinajstić information content (AvgIpc) is 2.60. The molecule has 0 radical (unpaired) electrons. The van der Waals surface area contributed by atoms with Crippen molar-refractivity contribution >= 4 is 26.9 Å². The molecular formula is C23H34ClNO4S. The first kappa shape index (κ1) is 25.1. The van der Waals surface area contributed by atoms with Crippen molar-refractivity contribution in [2.45, 2.75) is 55.4 Å². The molecule has 1 atom stereocenters. The van der Waals surface area contributed by atoms with Crippen LogP contribution in [0.1, 0.15) is 61.0 Å². The van der Waals surface area contributed by atoms with E-state index in [2.05, 4.69) is 43.0 Å². The molecule has 0 bridgehead atoms. The van der Waals surface area contributed by atoms with Gasteiger partial charge in [-0.05, 0) is 60.1 Å². The lowest BCUT2D eigenvalue weighted by Gasteiger charge is -2.32. The maximum Gasteiger partial charge on any atom is 0.141 e. The van der Waals surface area contributed by atoms with Gasteiger partial charge >= 0.3 is 0 Å². The molecule has 168 valence electrons. The van der Waals surface area contributed by atoms with Gasteiger partial charge in [0, 0.05) is 28.5 Å². The van der Waals surface area contributed by atoms with Gasteiger partial charge in [0.25, 0.3) is 0 Å². The van der Waals surface area contributed by atoms with Crippen LogP contribution >= 0.6 is 10.8 Å². The van der Waals surface area contributed by atoms with Crippen molar-refractivity contribution in [2.24, 2.45) is 10.8 Å². The van der Waals surface area contributed by atoms with E-state index in [-0.39, 0.29) is 10.8 Å². The maximum atomic E-state index is 11.5. The van der Waals surface area contributed by atoms with Crippen molar-refractivity contribution in [3.05, 3.63) is 46.9 Å². The lowest BCUT2D eigenvalue weighted by molar-refractivity contribution is -1.91. The molecule has 0 aromatic heterocycles. The summed E-state index contributed by atoms with van der Waals surface area (Å²) < 4.78 is 39.6. The van der Waals surface area contributed by atoms with Crippen LogP contribution in [0.2, 0.25) is 0 Å². The Hall–Kier alpha value is -1.15. The molecule has 2 rings (SSSR count). The Morgan fingerprint density at radius 3 is 1.80 bits per heavy atom. The Balaban J connectivity index is 2.65. The molecule has 1 unspecified atom stereocenters. The van der Waals surface area contributed by atoms with Gasteiger partial charge < -0.3 is 4.90 Å². The second-order valence-electron chi connectivity index (χ2n) is 9.40. The van der Waals surface area contributed by atoms with E-state index in [4.69, 9.17) is 3.74 Å². The topological polar surface area (TPSA) is 81.7 Å². The molecule has 1 aliphatic heterocycles. The Morgan fingerprint density at radius 1 is 0.867 bits per heavy atom. The molecule has 0 saturated carbocycles. The first-order chi connectivity index (χ1) is 13.7. The number of anilines is 1. The standard InChI is InChI=1S/C23H34ClNO4S/c1-9-25(10-2)19-13-11-17(12-14-19)18-15-20(22(3,4)5)30(29-24(26,27)28)21(16-18)23(6,7)8/h11-16H,9-10H2,1-8H3. The van der Waals surface area contributed by atoms with Crippen LogP contribution in [0.3, 0.4) is 0 Å². The average molecular weight is 456 g/mol. The summed E-state index contributed by atoms with van der Waals surface area (Å²) in [4.78, 5) is 3.88. The maximum absolute atomic E-state index is 11.5. The molecule has 0 spiro atoms. The van der Waals surface area contributed by atoms with Crippen LogP contribution < -0.4 is 18.9 Å². The summed E-state index contributed by atoms with van der Waals surface area (Å²) in [6, 6.07) is 8.39. The van der Waals surface area contributed by atoms with Crippen molar-refractivity contribution in [1.82, 2.24) is 0 Å². The third-order valence-electron chi connectivity index (χ3n) is 4.92. The Kier molecular flexibility index (Phi) is 7.66. The first-order valence-electron chi connectivity index (χ1n) is 10.2. The van der Waals surface area contributed by atoms with Crippen molar-refractivity contribution in [2.75, 3.05) is 18.0 Å². The van der Waals surface area contributed by atoms with E-state index >= 15 is 0 Å². The third-order valence-corrected chi connectivity index (χ3v) is 8.30.